The number of aryl methyl sites for hydroxylation is 1. The van der Waals surface area contributed by atoms with Gasteiger partial charge in [0.15, 0.2) is 0 Å². The molecule has 1 fully saturated rings. The van der Waals surface area contributed by atoms with Gasteiger partial charge in [-0.15, -0.1) is 0 Å². The molecule has 2 amide bonds. The van der Waals surface area contributed by atoms with Crippen molar-refractivity contribution >= 4 is 11.7 Å². The lowest BCUT2D eigenvalue weighted by atomic mass is 9.76. The Hall–Kier alpha value is -1.56. The van der Waals surface area contributed by atoms with Gasteiger partial charge in [-0.1, -0.05) is 19.3 Å². The third-order valence-corrected chi connectivity index (χ3v) is 4.20. The van der Waals surface area contributed by atoms with Crippen LogP contribution < -0.4 is 10.6 Å². The standard InChI is InChI=1S/C14H24N4O2/c1-14(10-19,11-6-4-3-5-7-11)17-13(20)16-12-8-15-18(2)9-12/h8-9,11,19H,3-7,10H2,1-2H3,(H2,16,17,20). The van der Waals surface area contributed by atoms with Crippen molar-refractivity contribution in [2.24, 2.45) is 13.0 Å². The highest BCUT2D eigenvalue weighted by Crippen LogP contribution is 2.32. The molecule has 0 spiro atoms. The second-order valence-electron chi connectivity index (χ2n) is 5.89. The first-order chi connectivity index (χ1) is 9.53. The van der Waals surface area contributed by atoms with Crippen LogP contribution in [0, 0.1) is 5.92 Å². The zero-order chi connectivity index (χ0) is 14.6. The van der Waals surface area contributed by atoms with Crippen molar-refractivity contribution in [1.82, 2.24) is 15.1 Å². The number of aromatic nitrogens is 2. The van der Waals surface area contributed by atoms with E-state index in [4.69, 9.17) is 0 Å². The molecule has 1 saturated carbocycles. The molecule has 0 saturated heterocycles. The van der Waals surface area contributed by atoms with Crippen LogP contribution in [0.1, 0.15) is 39.0 Å². The Kier molecular flexibility index (Phi) is 4.65. The summed E-state index contributed by atoms with van der Waals surface area (Å²) >= 11 is 0. The van der Waals surface area contributed by atoms with Gasteiger partial charge in [0, 0.05) is 13.2 Å². The van der Waals surface area contributed by atoms with Crippen LogP contribution >= 0.6 is 0 Å². The lowest BCUT2D eigenvalue weighted by Crippen LogP contribution is -2.55. The number of hydrogen-bond donors (Lipinski definition) is 3. The third-order valence-electron chi connectivity index (χ3n) is 4.20. The lowest BCUT2D eigenvalue weighted by Gasteiger charge is -2.39. The Morgan fingerprint density at radius 1 is 1.50 bits per heavy atom. The van der Waals surface area contributed by atoms with Crippen LogP contribution in [0.2, 0.25) is 0 Å². The molecule has 1 unspecified atom stereocenters. The van der Waals surface area contributed by atoms with Crippen molar-refractivity contribution in [2.75, 3.05) is 11.9 Å². The molecular weight excluding hydrogens is 256 g/mol. The van der Waals surface area contributed by atoms with Gasteiger partial charge in [0.05, 0.1) is 24.0 Å². The van der Waals surface area contributed by atoms with Crippen LogP contribution in [0.3, 0.4) is 0 Å². The average molecular weight is 280 g/mol. The first-order valence-electron chi connectivity index (χ1n) is 7.22. The Labute approximate surface area is 119 Å². The summed E-state index contributed by atoms with van der Waals surface area (Å²) < 4.78 is 1.63. The highest BCUT2D eigenvalue weighted by atomic mass is 16.3. The minimum Gasteiger partial charge on any atom is -0.394 e. The average Bonchev–Trinajstić information content (AvgIpc) is 2.84. The van der Waals surface area contributed by atoms with E-state index in [-0.39, 0.29) is 12.6 Å². The molecule has 1 aromatic rings. The fourth-order valence-corrected chi connectivity index (χ4v) is 2.92. The van der Waals surface area contributed by atoms with Crippen molar-refractivity contribution in [3.63, 3.8) is 0 Å². The molecule has 0 aliphatic heterocycles. The Morgan fingerprint density at radius 3 is 2.75 bits per heavy atom. The number of hydrogen-bond acceptors (Lipinski definition) is 3. The van der Waals surface area contributed by atoms with E-state index >= 15 is 0 Å². The van der Waals surface area contributed by atoms with Gasteiger partial charge >= 0.3 is 6.03 Å². The molecule has 1 atom stereocenters. The number of nitrogens with zero attached hydrogens (tertiary/aromatic N) is 2. The topological polar surface area (TPSA) is 79.2 Å². The highest BCUT2D eigenvalue weighted by molar-refractivity contribution is 5.89. The summed E-state index contributed by atoms with van der Waals surface area (Å²) in [5.74, 6) is 0.334. The van der Waals surface area contributed by atoms with Crippen molar-refractivity contribution in [2.45, 2.75) is 44.6 Å². The van der Waals surface area contributed by atoms with E-state index in [1.165, 1.54) is 19.3 Å². The zero-order valence-electron chi connectivity index (χ0n) is 12.2. The van der Waals surface area contributed by atoms with Gasteiger partial charge in [0.1, 0.15) is 0 Å². The monoisotopic (exact) mass is 280 g/mol. The Bertz CT molecular complexity index is 454. The lowest BCUT2D eigenvalue weighted by molar-refractivity contribution is 0.103. The molecule has 1 aliphatic rings. The first kappa shape index (κ1) is 14.8. The number of amides is 2. The summed E-state index contributed by atoms with van der Waals surface area (Å²) in [5, 5.41) is 19.4. The molecule has 1 heterocycles. The summed E-state index contributed by atoms with van der Waals surface area (Å²) in [7, 11) is 1.79. The van der Waals surface area contributed by atoms with Gasteiger partial charge in [0.25, 0.3) is 0 Å². The minimum absolute atomic E-state index is 0.0435. The normalized spacial score (nSPS) is 19.4. The number of aliphatic hydroxyl groups is 1. The largest absolute Gasteiger partial charge is 0.394 e. The molecule has 3 N–H and O–H groups in total. The number of carbonyl (C=O) groups excluding carboxylic acids is 1. The number of urea groups is 1. The maximum Gasteiger partial charge on any atom is 0.319 e. The highest BCUT2D eigenvalue weighted by Gasteiger charge is 2.35. The summed E-state index contributed by atoms with van der Waals surface area (Å²) in [6, 6.07) is -0.292. The predicted molar refractivity (Wildman–Crippen MR) is 77.4 cm³/mol. The molecule has 6 nitrogen and oxygen atoms in total. The first-order valence-corrected chi connectivity index (χ1v) is 7.22. The van der Waals surface area contributed by atoms with Crippen molar-refractivity contribution < 1.29 is 9.90 Å². The smallest absolute Gasteiger partial charge is 0.319 e. The van der Waals surface area contributed by atoms with E-state index in [0.717, 1.165) is 12.8 Å². The number of aliphatic hydroxyl groups excluding tert-OH is 1. The van der Waals surface area contributed by atoms with E-state index in [0.29, 0.717) is 11.6 Å². The maximum absolute atomic E-state index is 12.1. The Balaban J connectivity index is 1.95. The number of nitrogens with one attached hydrogen (secondary N) is 2. The number of carbonyl (C=O) groups is 1. The molecule has 6 heteroatoms. The summed E-state index contributed by atoms with van der Waals surface area (Å²) in [5.41, 5.74) is 0.0844. The van der Waals surface area contributed by atoms with Gasteiger partial charge in [0.2, 0.25) is 0 Å². The molecule has 0 bridgehead atoms. The molecule has 20 heavy (non-hydrogen) atoms. The summed E-state index contributed by atoms with van der Waals surface area (Å²) in [6.07, 6.45) is 9.04. The fourth-order valence-electron chi connectivity index (χ4n) is 2.92. The minimum atomic E-state index is -0.563. The second kappa shape index (κ2) is 6.26. The summed E-state index contributed by atoms with van der Waals surface area (Å²) in [4.78, 5) is 12.1. The number of anilines is 1. The second-order valence-corrected chi connectivity index (χ2v) is 5.89. The zero-order valence-corrected chi connectivity index (χ0v) is 12.2. The van der Waals surface area contributed by atoms with E-state index in [1.54, 1.807) is 24.1 Å². The molecule has 0 radical (unpaired) electrons. The maximum atomic E-state index is 12.1. The van der Waals surface area contributed by atoms with Gasteiger partial charge in [-0.2, -0.15) is 5.10 Å². The van der Waals surface area contributed by atoms with E-state index < -0.39 is 5.54 Å². The van der Waals surface area contributed by atoms with Crippen molar-refractivity contribution in [1.29, 1.82) is 0 Å². The van der Waals surface area contributed by atoms with E-state index in [2.05, 4.69) is 15.7 Å². The number of rotatable bonds is 4. The van der Waals surface area contributed by atoms with E-state index in [1.807, 2.05) is 6.92 Å². The molecule has 1 aliphatic carbocycles. The van der Waals surface area contributed by atoms with Crippen LogP contribution in [0.4, 0.5) is 10.5 Å². The van der Waals surface area contributed by atoms with Crippen molar-refractivity contribution in [3.05, 3.63) is 12.4 Å². The summed E-state index contributed by atoms with van der Waals surface area (Å²) in [6.45, 7) is 1.88. The molecule has 1 aromatic heterocycles. The van der Waals surface area contributed by atoms with Crippen LogP contribution in [0.5, 0.6) is 0 Å². The predicted octanol–water partition coefficient (Wildman–Crippen LogP) is 1.87. The molecule has 0 aromatic carbocycles. The van der Waals surface area contributed by atoms with Gasteiger partial charge in [-0.05, 0) is 25.7 Å². The Morgan fingerprint density at radius 2 is 2.20 bits per heavy atom. The fraction of sp³-hybridized carbons (Fsp3) is 0.714. The molecule has 112 valence electrons. The third kappa shape index (κ3) is 3.50. The molecular formula is C14H24N4O2. The van der Waals surface area contributed by atoms with E-state index in [9.17, 15) is 9.90 Å². The SMILES string of the molecule is Cn1cc(NC(=O)NC(C)(CO)C2CCCCC2)cn1. The van der Waals surface area contributed by atoms with Crippen LogP contribution in [-0.4, -0.2) is 33.1 Å². The van der Waals surface area contributed by atoms with Gasteiger partial charge in [-0.25, -0.2) is 4.79 Å². The quantitative estimate of drug-likeness (QED) is 0.787. The van der Waals surface area contributed by atoms with Crippen LogP contribution in [0.25, 0.3) is 0 Å². The van der Waals surface area contributed by atoms with Gasteiger partial charge < -0.3 is 15.7 Å². The van der Waals surface area contributed by atoms with Crippen molar-refractivity contribution in [3.8, 4) is 0 Å². The van der Waals surface area contributed by atoms with Crippen LogP contribution in [-0.2, 0) is 7.05 Å². The molecule has 2 rings (SSSR count). The van der Waals surface area contributed by atoms with Crippen LogP contribution in [0.15, 0.2) is 12.4 Å². The van der Waals surface area contributed by atoms with Gasteiger partial charge in [-0.3, -0.25) is 4.68 Å².